The second kappa shape index (κ2) is 9.90. The summed E-state index contributed by atoms with van der Waals surface area (Å²) in [5, 5.41) is 10.1. The molecule has 0 saturated carbocycles. The van der Waals surface area contributed by atoms with E-state index in [4.69, 9.17) is 9.47 Å². The van der Waals surface area contributed by atoms with Crippen LogP contribution in [0.4, 0.5) is 10.5 Å². The van der Waals surface area contributed by atoms with E-state index < -0.39 is 0 Å². The molecule has 0 bridgehead atoms. The number of piperazine rings is 1. The van der Waals surface area contributed by atoms with Gasteiger partial charge in [-0.3, -0.25) is 10.00 Å². The number of para-hydroxylation sites is 2. The summed E-state index contributed by atoms with van der Waals surface area (Å²) in [7, 11) is 0. The van der Waals surface area contributed by atoms with E-state index >= 15 is 0 Å². The minimum atomic E-state index is -0.103. The first kappa shape index (κ1) is 20.6. The van der Waals surface area contributed by atoms with Crippen LogP contribution in [-0.4, -0.2) is 76.5 Å². The van der Waals surface area contributed by atoms with Crippen LogP contribution in [0.1, 0.15) is 30.9 Å². The first-order valence-corrected chi connectivity index (χ1v) is 10.7. The van der Waals surface area contributed by atoms with Gasteiger partial charge in [0.05, 0.1) is 18.3 Å². The number of nitrogens with one attached hydrogen (secondary N) is 2. The zero-order chi connectivity index (χ0) is 20.8. The Morgan fingerprint density at radius 1 is 1.27 bits per heavy atom. The van der Waals surface area contributed by atoms with Crippen molar-refractivity contribution in [1.82, 2.24) is 25.0 Å². The SMILES string of the molecule is Cc1nc(CN2CCN(C(=O)Nc3ccccc3OCC3CCCCO3)CC2)n[nH]1. The maximum Gasteiger partial charge on any atom is 0.322 e. The lowest BCUT2D eigenvalue weighted by molar-refractivity contribution is -0.0109. The molecule has 1 aromatic carbocycles. The number of aromatic nitrogens is 3. The van der Waals surface area contributed by atoms with Crippen molar-refractivity contribution in [1.29, 1.82) is 0 Å². The van der Waals surface area contributed by atoms with Crippen LogP contribution in [0, 0.1) is 6.92 Å². The van der Waals surface area contributed by atoms with E-state index in [1.807, 2.05) is 36.1 Å². The van der Waals surface area contributed by atoms with Crippen LogP contribution >= 0.6 is 0 Å². The fourth-order valence-electron chi connectivity index (χ4n) is 3.78. The maximum absolute atomic E-state index is 12.8. The Hall–Kier alpha value is -2.65. The Balaban J connectivity index is 1.26. The number of hydrogen-bond donors (Lipinski definition) is 2. The van der Waals surface area contributed by atoms with Crippen LogP contribution < -0.4 is 10.1 Å². The van der Waals surface area contributed by atoms with Crippen LogP contribution in [0.5, 0.6) is 5.75 Å². The molecule has 3 heterocycles. The lowest BCUT2D eigenvalue weighted by Gasteiger charge is -2.34. The number of anilines is 1. The van der Waals surface area contributed by atoms with E-state index in [0.29, 0.717) is 37.7 Å². The number of hydrogen-bond acceptors (Lipinski definition) is 6. The molecule has 9 heteroatoms. The molecule has 0 radical (unpaired) electrons. The summed E-state index contributed by atoms with van der Waals surface area (Å²) in [6, 6.07) is 7.46. The van der Waals surface area contributed by atoms with E-state index in [-0.39, 0.29) is 12.1 Å². The maximum atomic E-state index is 12.8. The summed E-state index contributed by atoms with van der Waals surface area (Å²) in [5.41, 5.74) is 0.692. The largest absolute Gasteiger partial charge is 0.489 e. The number of ether oxygens (including phenoxy) is 2. The third-order valence-corrected chi connectivity index (χ3v) is 5.50. The van der Waals surface area contributed by atoms with Crippen LogP contribution in [-0.2, 0) is 11.3 Å². The lowest BCUT2D eigenvalue weighted by Crippen LogP contribution is -2.49. The minimum Gasteiger partial charge on any atom is -0.489 e. The van der Waals surface area contributed by atoms with E-state index in [1.165, 1.54) is 6.42 Å². The van der Waals surface area contributed by atoms with Crippen molar-refractivity contribution in [2.24, 2.45) is 0 Å². The summed E-state index contributed by atoms with van der Waals surface area (Å²) >= 11 is 0. The highest BCUT2D eigenvalue weighted by atomic mass is 16.5. The fourth-order valence-corrected chi connectivity index (χ4v) is 3.78. The average Bonchev–Trinajstić information content (AvgIpc) is 3.19. The number of benzene rings is 1. The highest BCUT2D eigenvalue weighted by Gasteiger charge is 2.23. The molecule has 30 heavy (non-hydrogen) atoms. The monoisotopic (exact) mass is 414 g/mol. The smallest absolute Gasteiger partial charge is 0.322 e. The molecule has 4 rings (SSSR count). The fraction of sp³-hybridized carbons (Fsp3) is 0.571. The summed E-state index contributed by atoms with van der Waals surface area (Å²) in [6.45, 7) is 6.79. The zero-order valence-electron chi connectivity index (χ0n) is 17.5. The third-order valence-electron chi connectivity index (χ3n) is 5.50. The summed E-state index contributed by atoms with van der Waals surface area (Å²) < 4.78 is 11.7. The molecule has 1 atom stereocenters. The molecule has 2 aromatic rings. The van der Waals surface area contributed by atoms with Gasteiger partial charge >= 0.3 is 6.03 Å². The number of amides is 2. The number of nitrogens with zero attached hydrogens (tertiary/aromatic N) is 4. The number of carbonyl (C=O) groups excluding carboxylic acids is 1. The zero-order valence-corrected chi connectivity index (χ0v) is 17.5. The molecule has 2 aliphatic rings. The number of aromatic amines is 1. The molecule has 162 valence electrons. The second-order valence-corrected chi connectivity index (χ2v) is 7.83. The van der Waals surface area contributed by atoms with E-state index in [2.05, 4.69) is 25.4 Å². The number of aryl methyl sites for hydroxylation is 1. The minimum absolute atomic E-state index is 0.103. The molecule has 2 aliphatic heterocycles. The van der Waals surface area contributed by atoms with E-state index in [9.17, 15) is 4.79 Å². The van der Waals surface area contributed by atoms with Crippen LogP contribution in [0.2, 0.25) is 0 Å². The number of H-pyrrole nitrogens is 1. The van der Waals surface area contributed by atoms with E-state index in [0.717, 1.165) is 44.2 Å². The summed E-state index contributed by atoms with van der Waals surface area (Å²) in [6.07, 6.45) is 3.44. The molecule has 1 aromatic heterocycles. The van der Waals surface area contributed by atoms with Crippen LogP contribution in [0.3, 0.4) is 0 Å². The van der Waals surface area contributed by atoms with E-state index in [1.54, 1.807) is 0 Å². The third kappa shape index (κ3) is 5.48. The van der Waals surface area contributed by atoms with Gasteiger partial charge in [-0.1, -0.05) is 12.1 Å². The Bertz CT molecular complexity index is 828. The summed E-state index contributed by atoms with van der Waals surface area (Å²) in [5.74, 6) is 2.29. The molecular weight excluding hydrogens is 384 g/mol. The molecule has 2 N–H and O–H groups in total. The van der Waals surface area contributed by atoms with Crippen molar-refractivity contribution in [3.05, 3.63) is 35.9 Å². The van der Waals surface area contributed by atoms with Gasteiger partial charge in [0.15, 0.2) is 5.82 Å². The molecular formula is C21H30N6O3. The van der Waals surface area contributed by atoms with Crippen LogP contribution in [0.25, 0.3) is 0 Å². The number of carbonyl (C=O) groups is 1. The van der Waals surface area contributed by atoms with Gasteiger partial charge in [0.2, 0.25) is 0 Å². The molecule has 1 unspecified atom stereocenters. The molecule has 0 aliphatic carbocycles. The van der Waals surface area contributed by atoms with Gasteiger partial charge in [-0.2, -0.15) is 5.10 Å². The summed E-state index contributed by atoms with van der Waals surface area (Å²) in [4.78, 5) is 21.2. The van der Waals surface area contributed by atoms with Crippen molar-refractivity contribution in [3.8, 4) is 5.75 Å². The van der Waals surface area contributed by atoms with Crippen molar-refractivity contribution in [2.75, 3.05) is 44.7 Å². The first-order valence-electron chi connectivity index (χ1n) is 10.7. The number of rotatable bonds is 6. The molecule has 2 fully saturated rings. The first-order chi connectivity index (χ1) is 14.7. The Morgan fingerprint density at radius 2 is 2.10 bits per heavy atom. The Labute approximate surface area is 176 Å². The predicted molar refractivity (Wildman–Crippen MR) is 113 cm³/mol. The lowest BCUT2D eigenvalue weighted by atomic mass is 10.1. The second-order valence-electron chi connectivity index (χ2n) is 7.83. The van der Waals surface area contributed by atoms with Gasteiger partial charge in [-0.05, 0) is 38.3 Å². The van der Waals surface area contributed by atoms with Gasteiger partial charge in [0.25, 0.3) is 0 Å². The Kier molecular flexibility index (Phi) is 6.81. The standard InChI is InChI=1S/C21H30N6O3/c1-16-22-20(25-24-16)14-26-9-11-27(12-10-26)21(28)23-18-7-2-3-8-19(18)30-15-17-6-4-5-13-29-17/h2-3,7-8,17H,4-6,9-15H2,1H3,(H,23,28)(H,22,24,25). The highest BCUT2D eigenvalue weighted by molar-refractivity contribution is 5.91. The molecule has 2 amide bonds. The quantitative estimate of drug-likeness (QED) is 0.754. The van der Waals surface area contributed by atoms with Crippen LogP contribution in [0.15, 0.2) is 24.3 Å². The molecule has 2 saturated heterocycles. The van der Waals surface area contributed by atoms with Gasteiger partial charge in [-0.25, -0.2) is 9.78 Å². The van der Waals surface area contributed by atoms with Gasteiger partial charge in [0.1, 0.15) is 18.2 Å². The molecule has 0 spiro atoms. The highest BCUT2D eigenvalue weighted by Crippen LogP contribution is 2.25. The van der Waals surface area contributed by atoms with Gasteiger partial charge in [0, 0.05) is 32.8 Å². The average molecular weight is 415 g/mol. The number of urea groups is 1. The normalized spacial score (nSPS) is 20.2. The van der Waals surface area contributed by atoms with Gasteiger partial charge in [-0.15, -0.1) is 0 Å². The molecule has 9 nitrogen and oxygen atoms in total. The topological polar surface area (TPSA) is 95.6 Å². The van der Waals surface area contributed by atoms with Crippen molar-refractivity contribution >= 4 is 11.7 Å². The van der Waals surface area contributed by atoms with Crippen molar-refractivity contribution in [2.45, 2.75) is 38.8 Å². The van der Waals surface area contributed by atoms with Crippen molar-refractivity contribution < 1.29 is 14.3 Å². The van der Waals surface area contributed by atoms with Gasteiger partial charge < -0.3 is 19.7 Å². The van der Waals surface area contributed by atoms with Crippen molar-refractivity contribution in [3.63, 3.8) is 0 Å². The Morgan fingerprint density at radius 3 is 2.83 bits per heavy atom. The predicted octanol–water partition coefficient (Wildman–Crippen LogP) is 2.41.